The monoisotopic (exact) mass is 265 g/mol. The minimum atomic E-state index is 0.608. The van der Waals surface area contributed by atoms with Crippen LogP contribution in [-0.2, 0) is 6.42 Å². The van der Waals surface area contributed by atoms with Gasteiger partial charge in [-0.1, -0.05) is 13.0 Å². The predicted molar refractivity (Wildman–Crippen MR) is 77.3 cm³/mol. The van der Waals surface area contributed by atoms with E-state index in [4.69, 9.17) is 0 Å². The summed E-state index contributed by atoms with van der Waals surface area (Å²) in [6, 6.07) is 5.75. The second-order valence-electron chi connectivity index (χ2n) is 5.35. The molecular weight excluding hydrogens is 242 g/mol. The highest BCUT2D eigenvalue weighted by Gasteiger charge is 2.36. The van der Waals surface area contributed by atoms with Gasteiger partial charge in [0, 0.05) is 49.7 Å². The Hall–Kier alpha value is -0.420. The van der Waals surface area contributed by atoms with Crippen molar-refractivity contribution in [1.29, 1.82) is 0 Å². The van der Waals surface area contributed by atoms with Crippen LogP contribution in [0.25, 0.3) is 0 Å². The maximum absolute atomic E-state index is 3.71. The molecule has 4 heteroatoms. The third-order valence-electron chi connectivity index (χ3n) is 4.25. The van der Waals surface area contributed by atoms with Crippen LogP contribution in [0.3, 0.4) is 0 Å². The first-order valence-electron chi connectivity index (χ1n) is 7.09. The molecular formula is C14H23N3S. The number of nitrogens with one attached hydrogen (secondary N) is 1. The first kappa shape index (κ1) is 12.6. The molecule has 0 amide bonds. The number of nitrogens with zero attached hydrogens (tertiary/aromatic N) is 2. The second-order valence-corrected chi connectivity index (χ2v) is 6.38. The van der Waals surface area contributed by atoms with Crippen LogP contribution < -0.4 is 5.32 Å². The molecule has 1 N–H and O–H groups in total. The van der Waals surface area contributed by atoms with Crippen molar-refractivity contribution in [3.05, 3.63) is 22.4 Å². The number of hydrogen-bond donors (Lipinski definition) is 1. The molecule has 1 aromatic rings. The van der Waals surface area contributed by atoms with Gasteiger partial charge in [-0.3, -0.25) is 9.80 Å². The van der Waals surface area contributed by atoms with Gasteiger partial charge in [-0.2, -0.15) is 0 Å². The fourth-order valence-corrected chi connectivity index (χ4v) is 4.06. The predicted octanol–water partition coefficient (Wildman–Crippen LogP) is 1.27. The van der Waals surface area contributed by atoms with Crippen molar-refractivity contribution in [2.45, 2.75) is 25.4 Å². The van der Waals surface area contributed by atoms with Crippen molar-refractivity contribution in [2.75, 3.05) is 39.3 Å². The molecule has 2 atom stereocenters. The average molecular weight is 265 g/mol. The summed E-state index contributed by atoms with van der Waals surface area (Å²) in [7, 11) is 0. The van der Waals surface area contributed by atoms with Crippen LogP contribution in [0.2, 0.25) is 0 Å². The minimum Gasteiger partial charge on any atom is -0.312 e. The maximum atomic E-state index is 3.71. The molecule has 0 spiro atoms. The van der Waals surface area contributed by atoms with Gasteiger partial charge in [-0.25, -0.2) is 0 Å². The summed E-state index contributed by atoms with van der Waals surface area (Å²) in [6.45, 7) is 9.61. The van der Waals surface area contributed by atoms with Crippen LogP contribution in [0.1, 0.15) is 11.8 Å². The Morgan fingerprint density at radius 2 is 2.22 bits per heavy atom. The Morgan fingerprint density at radius 3 is 2.78 bits per heavy atom. The van der Waals surface area contributed by atoms with Gasteiger partial charge in [0.25, 0.3) is 0 Å². The van der Waals surface area contributed by atoms with Crippen LogP contribution >= 0.6 is 11.3 Å². The SMILES string of the molecule is CCNC(Cc1cccs1)C1CN2CCN1CC2. The summed E-state index contributed by atoms with van der Waals surface area (Å²) in [5.41, 5.74) is 0. The zero-order chi connectivity index (χ0) is 12.4. The lowest BCUT2D eigenvalue weighted by Gasteiger charge is -2.50. The standard InChI is InChI=1S/C14H23N3S/c1-2-15-13(10-12-4-3-9-18-12)14-11-16-5-7-17(14)8-6-16/h3-4,9,13-15H,2,5-8,10-11H2,1H3. The molecule has 3 aliphatic heterocycles. The zero-order valence-electron chi connectivity index (χ0n) is 11.1. The van der Waals surface area contributed by atoms with E-state index in [-0.39, 0.29) is 0 Å². The molecule has 3 aliphatic rings. The van der Waals surface area contributed by atoms with Crippen LogP contribution in [0.5, 0.6) is 0 Å². The highest BCUT2D eigenvalue weighted by molar-refractivity contribution is 7.09. The third kappa shape index (κ3) is 2.62. The van der Waals surface area contributed by atoms with Crippen molar-refractivity contribution in [3.63, 3.8) is 0 Å². The lowest BCUT2D eigenvalue weighted by atomic mass is 9.97. The van der Waals surface area contributed by atoms with Gasteiger partial charge in [0.05, 0.1) is 0 Å². The summed E-state index contributed by atoms with van der Waals surface area (Å²) >= 11 is 1.89. The first-order chi connectivity index (χ1) is 8.86. The highest BCUT2D eigenvalue weighted by atomic mass is 32.1. The first-order valence-corrected chi connectivity index (χ1v) is 7.97. The average Bonchev–Trinajstić information content (AvgIpc) is 2.92. The molecule has 0 radical (unpaired) electrons. The molecule has 2 bridgehead atoms. The van der Waals surface area contributed by atoms with Crippen molar-refractivity contribution in [3.8, 4) is 0 Å². The quantitative estimate of drug-likeness (QED) is 0.865. The summed E-state index contributed by atoms with van der Waals surface area (Å²) < 4.78 is 0. The highest BCUT2D eigenvalue weighted by Crippen LogP contribution is 2.21. The maximum Gasteiger partial charge on any atom is 0.0381 e. The smallest absolute Gasteiger partial charge is 0.0381 e. The molecule has 3 fully saturated rings. The molecule has 100 valence electrons. The van der Waals surface area contributed by atoms with Crippen molar-refractivity contribution < 1.29 is 0 Å². The van der Waals surface area contributed by atoms with Crippen LogP contribution in [0, 0.1) is 0 Å². The molecule has 0 aromatic carbocycles. The summed E-state index contributed by atoms with van der Waals surface area (Å²) in [4.78, 5) is 6.84. The van der Waals surface area contributed by atoms with Gasteiger partial charge in [-0.05, 0) is 24.4 Å². The van der Waals surface area contributed by atoms with Crippen LogP contribution in [-0.4, -0.2) is 61.2 Å². The molecule has 3 nitrogen and oxygen atoms in total. The third-order valence-corrected chi connectivity index (χ3v) is 5.15. The Balaban J connectivity index is 1.69. The summed E-state index contributed by atoms with van der Waals surface area (Å²) in [5.74, 6) is 0. The van der Waals surface area contributed by atoms with Crippen molar-refractivity contribution >= 4 is 11.3 Å². The molecule has 0 aliphatic carbocycles. The molecule has 4 rings (SSSR count). The Kier molecular flexibility index (Phi) is 3.99. The number of fused-ring (bicyclic) bond motifs is 3. The van der Waals surface area contributed by atoms with E-state index >= 15 is 0 Å². The summed E-state index contributed by atoms with van der Waals surface area (Å²) in [5, 5.41) is 5.90. The van der Waals surface area contributed by atoms with Crippen molar-refractivity contribution in [2.24, 2.45) is 0 Å². The van der Waals surface area contributed by atoms with E-state index < -0.39 is 0 Å². The molecule has 2 unspecified atom stereocenters. The number of hydrogen-bond acceptors (Lipinski definition) is 4. The van der Waals surface area contributed by atoms with E-state index in [9.17, 15) is 0 Å². The van der Waals surface area contributed by atoms with E-state index in [1.165, 1.54) is 44.0 Å². The normalized spacial score (nSPS) is 32.6. The Bertz CT molecular complexity index is 357. The summed E-state index contributed by atoms with van der Waals surface area (Å²) in [6.07, 6.45) is 1.18. The topological polar surface area (TPSA) is 18.5 Å². The van der Waals surface area contributed by atoms with Crippen LogP contribution in [0.15, 0.2) is 17.5 Å². The van der Waals surface area contributed by atoms with Gasteiger partial charge in [0.1, 0.15) is 0 Å². The van der Waals surface area contributed by atoms with E-state index in [0.717, 1.165) is 6.54 Å². The molecule has 3 saturated heterocycles. The Morgan fingerprint density at radius 1 is 1.39 bits per heavy atom. The van der Waals surface area contributed by atoms with E-state index in [1.807, 2.05) is 11.3 Å². The van der Waals surface area contributed by atoms with Crippen molar-refractivity contribution in [1.82, 2.24) is 15.1 Å². The Labute approximate surface area is 114 Å². The van der Waals surface area contributed by atoms with Gasteiger partial charge >= 0.3 is 0 Å². The molecule has 18 heavy (non-hydrogen) atoms. The molecule has 1 aromatic heterocycles. The van der Waals surface area contributed by atoms with E-state index in [1.54, 1.807) is 0 Å². The van der Waals surface area contributed by atoms with Gasteiger partial charge < -0.3 is 5.32 Å². The van der Waals surface area contributed by atoms with E-state index in [0.29, 0.717) is 12.1 Å². The lowest BCUT2D eigenvalue weighted by Crippen LogP contribution is -2.66. The zero-order valence-corrected chi connectivity index (χ0v) is 12.0. The fourth-order valence-electron chi connectivity index (χ4n) is 3.29. The minimum absolute atomic E-state index is 0.608. The lowest BCUT2D eigenvalue weighted by molar-refractivity contribution is -0.00277. The number of likely N-dealkylation sites (N-methyl/N-ethyl adjacent to an activating group) is 1. The van der Waals surface area contributed by atoms with Gasteiger partial charge in [0.2, 0.25) is 0 Å². The number of piperazine rings is 3. The number of rotatable bonds is 5. The van der Waals surface area contributed by atoms with Gasteiger partial charge in [0.15, 0.2) is 0 Å². The largest absolute Gasteiger partial charge is 0.312 e. The number of thiophene rings is 1. The molecule has 4 heterocycles. The molecule has 0 saturated carbocycles. The second kappa shape index (κ2) is 5.70. The fraction of sp³-hybridized carbons (Fsp3) is 0.714. The van der Waals surface area contributed by atoms with Crippen LogP contribution in [0.4, 0.5) is 0 Å². The van der Waals surface area contributed by atoms with E-state index in [2.05, 4.69) is 39.6 Å². The van der Waals surface area contributed by atoms with Gasteiger partial charge in [-0.15, -0.1) is 11.3 Å².